The van der Waals surface area contributed by atoms with Crippen LogP contribution in [0.3, 0.4) is 0 Å². The third kappa shape index (κ3) is 3.89. The van der Waals surface area contributed by atoms with Crippen molar-refractivity contribution in [2.75, 3.05) is 19.5 Å². The topological polar surface area (TPSA) is 50.4 Å². The maximum Gasteiger partial charge on any atom is 0.251 e. The predicted octanol–water partition coefficient (Wildman–Crippen LogP) is 3.32. The highest BCUT2D eigenvalue weighted by Crippen LogP contribution is 2.27. The third-order valence-corrected chi connectivity index (χ3v) is 3.40. The Bertz CT molecular complexity index is 627. The Morgan fingerprint density at radius 3 is 2.52 bits per heavy atom. The van der Waals surface area contributed by atoms with Crippen LogP contribution in [0.5, 0.6) is 5.75 Å². The van der Waals surface area contributed by atoms with Gasteiger partial charge >= 0.3 is 0 Å². The molecular weight excluding hydrogens is 288 g/mol. The van der Waals surface area contributed by atoms with Gasteiger partial charge in [0.2, 0.25) is 0 Å². The van der Waals surface area contributed by atoms with E-state index in [1.165, 1.54) is 0 Å². The molecule has 0 unspecified atom stereocenters. The molecule has 0 atom stereocenters. The first-order valence-corrected chi connectivity index (χ1v) is 6.90. The molecule has 0 fully saturated rings. The molecule has 0 saturated carbocycles. The number of nitrogens with one attached hydrogen (secondary N) is 2. The zero-order chi connectivity index (χ0) is 15.2. The first-order valence-electron chi connectivity index (χ1n) is 6.52. The number of ether oxygens (including phenoxy) is 1. The number of methoxy groups -OCH3 is 1. The zero-order valence-corrected chi connectivity index (χ0v) is 12.7. The van der Waals surface area contributed by atoms with E-state index in [0.717, 1.165) is 11.3 Å². The lowest BCUT2D eigenvalue weighted by atomic mass is 10.1. The van der Waals surface area contributed by atoms with Crippen molar-refractivity contribution in [3.63, 3.8) is 0 Å². The molecule has 5 heteroatoms. The molecule has 0 aromatic heterocycles. The van der Waals surface area contributed by atoms with Gasteiger partial charge in [0.05, 0.1) is 12.1 Å². The average molecular weight is 305 g/mol. The summed E-state index contributed by atoms with van der Waals surface area (Å²) in [5.74, 6) is 0.550. The molecule has 4 nitrogen and oxygen atoms in total. The molecule has 2 N–H and O–H groups in total. The molecule has 0 heterocycles. The van der Waals surface area contributed by atoms with Crippen LogP contribution in [0.4, 0.5) is 5.69 Å². The predicted molar refractivity (Wildman–Crippen MR) is 85.2 cm³/mol. The van der Waals surface area contributed by atoms with Crippen molar-refractivity contribution in [1.29, 1.82) is 0 Å². The summed E-state index contributed by atoms with van der Waals surface area (Å²) in [5.41, 5.74) is 2.65. The van der Waals surface area contributed by atoms with Gasteiger partial charge in [-0.1, -0.05) is 23.7 Å². The van der Waals surface area contributed by atoms with Gasteiger partial charge in [0, 0.05) is 30.9 Å². The van der Waals surface area contributed by atoms with Crippen LogP contribution in [-0.2, 0) is 6.54 Å². The molecule has 0 spiro atoms. The SMILES string of the molecule is CNC(=O)c1ccc(CNc2ccc(Cl)c(OC)c2)cc1. The van der Waals surface area contributed by atoms with Gasteiger partial charge in [-0.2, -0.15) is 0 Å². The van der Waals surface area contributed by atoms with Crippen molar-refractivity contribution in [3.05, 3.63) is 58.6 Å². The van der Waals surface area contributed by atoms with Crippen molar-refractivity contribution in [1.82, 2.24) is 5.32 Å². The van der Waals surface area contributed by atoms with Crippen LogP contribution in [0.2, 0.25) is 5.02 Å². The van der Waals surface area contributed by atoms with Gasteiger partial charge in [0.15, 0.2) is 0 Å². The quantitative estimate of drug-likeness (QED) is 0.891. The Labute approximate surface area is 129 Å². The van der Waals surface area contributed by atoms with Crippen LogP contribution in [0.25, 0.3) is 0 Å². The summed E-state index contributed by atoms with van der Waals surface area (Å²) in [6.45, 7) is 0.652. The van der Waals surface area contributed by atoms with E-state index in [2.05, 4.69) is 10.6 Å². The molecule has 0 aliphatic heterocycles. The summed E-state index contributed by atoms with van der Waals surface area (Å²) in [7, 11) is 3.20. The number of carbonyl (C=O) groups excluding carboxylic acids is 1. The first-order chi connectivity index (χ1) is 10.1. The van der Waals surface area contributed by atoms with Gasteiger partial charge in [-0.05, 0) is 29.8 Å². The lowest BCUT2D eigenvalue weighted by molar-refractivity contribution is 0.0963. The van der Waals surface area contributed by atoms with Crippen molar-refractivity contribution < 1.29 is 9.53 Å². The van der Waals surface area contributed by atoms with E-state index >= 15 is 0 Å². The number of halogens is 1. The number of hydrogen-bond acceptors (Lipinski definition) is 3. The van der Waals surface area contributed by atoms with E-state index < -0.39 is 0 Å². The second kappa shape index (κ2) is 6.99. The van der Waals surface area contributed by atoms with Crippen molar-refractivity contribution in [3.8, 4) is 5.75 Å². The fourth-order valence-corrected chi connectivity index (χ4v) is 2.09. The number of benzene rings is 2. The zero-order valence-electron chi connectivity index (χ0n) is 11.9. The maximum atomic E-state index is 11.5. The second-order valence-electron chi connectivity index (χ2n) is 4.48. The highest BCUT2D eigenvalue weighted by molar-refractivity contribution is 6.32. The van der Waals surface area contributed by atoms with E-state index in [1.54, 1.807) is 32.4 Å². The maximum absolute atomic E-state index is 11.5. The summed E-state index contributed by atoms with van der Waals surface area (Å²) in [6.07, 6.45) is 0. The van der Waals surface area contributed by atoms with Crippen LogP contribution < -0.4 is 15.4 Å². The molecule has 0 aliphatic carbocycles. The normalized spacial score (nSPS) is 10.0. The standard InChI is InChI=1S/C16H17ClN2O2/c1-18-16(20)12-5-3-11(4-6-12)10-19-13-7-8-14(17)15(9-13)21-2/h3-9,19H,10H2,1-2H3,(H,18,20). The minimum atomic E-state index is -0.0862. The van der Waals surface area contributed by atoms with Gasteiger partial charge in [0.25, 0.3) is 5.91 Å². The number of carbonyl (C=O) groups is 1. The van der Waals surface area contributed by atoms with E-state index in [0.29, 0.717) is 22.9 Å². The minimum Gasteiger partial charge on any atom is -0.495 e. The highest BCUT2D eigenvalue weighted by Gasteiger charge is 2.04. The fourth-order valence-electron chi connectivity index (χ4n) is 1.89. The molecule has 2 rings (SSSR count). The van der Waals surface area contributed by atoms with Gasteiger partial charge in [-0.25, -0.2) is 0 Å². The van der Waals surface area contributed by atoms with Crippen molar-refractivity contribution >= 4 is 23.2 Å². The first kappa shape index (κ1) is 15.2. The minimum absolute atomic E-state index is 0.0862. The van der Waals surface area contributed by atoms with Crippen LogP contribution >= 0.6 is 11.6 Å². The largest absolute Gasteiger partial charge is 0.495 e. The summed E-state index contributed by atoms with van der Waals surface area (Å²) in [4.78, 5) is 11.5. The molecule has 1 amide bonds. The lowest BCUT2D eigenvalue weighted by Gasteiger charge is -2.10. The Morgan fingerprint density at radius 2 is 1.90 bits per heavy atom. The Kier molecular flexibility index (Phi) is 5.06. The summed E-state index contributed by atoms with van der Waals surface area (Å²) in [6, 6.07) is 13.0. The summed E-state index contributed by atoms with van der Waals surface area (Å²) >= 11 is 5.98. The fraction of sp³-hybridized carbons (Fsp3) is 0.188. The molecule has 0 saturated heterocycles. The smallest absolute Gasteiger partial charge is 0.251 e. The third-order valence-electron chi connectivity index (χ3n) is 3.09. The van der Waals surface area contributed by atoms with Crippen LogP contribution in [0.1, 0.15) is 15.9 Å². The molecule has 0 bridgehead atoms. The molecule has 0 radical (unpaired) electrons. The molecule has 21 heavy (non-hydrogen) atoms. The molecule has 0 aliphatic rings. The number of hydrogen-bond donors (Lipinski definition) is 2. The summed E-state index contributed by atoms with van der Waals surface area (Å²) < 4.78 is 5.18. The van der Waals surface area contributed by atoms with Crippen molar-refractivity contribution in [2.24, 2.45) is 0 Å². The molecular formula is C16H17ClN2O2. The van der Waals surface area contributed by atoms with E-state index in [9.17, 15) is 4.79 Å². The van der Waals surface area contributed by atoms with E-state index in [4.69, 9.17) is 16.3 Å². The number of rotatable bonds is 5. The van der Waals surface area contributed by atoms with Crippen LogP contribution in [-0.4, -0.2) is 20.1 Å². The van der Waals surface area contributed by atoms with Gasteiger partial charge in [0.1, 0.15) is 5.75 Å². The van der Waals surface area contributed by atoms with Gasteiger partial charge < -0.3 is 15.4 Å². The number of anilines is 1. The molecule has 2 aromatic carbocycles. The van der Waals surface area contributed by atoms with Gasteiger partial charge in [-0.15, -0.1) is 0 Å². The van der Waals surface area contributed by atoms with Gasteiger partial charge in [-0.3, -0.25) is 4.79 Å². The molecule has 2 aromatic rings. The summed E-state index contributed by atoms with van der Waals surface area (Å²) in [5, 5.41) is 6.46. The van der Waals surface area contributed by atoms with Crippen LogP contribution in [0.15, 0.2) is 42.5 Å². The van der Waals surface area contributed by atoms with E-state index in [1.807, 2.05) is 24.3 Å². The number of amides is 1. The highest BCUT2D eigenvalue weighted by atomic mass is 35.5. The lowest BCUT2D eigenvalue weighted by Crippen LogP contribution is -2.17. The second-order valence-corrected chi connectivity index (χ2v) is 4.89. The Morgan fingerprint density at radius 1 is 1.19 bits per heavy atom. The van der Waals surface area contributed by atoms with Crippen molar-refractivity contribution in [2.45, 2.75) is 6.54 Å². The molecule has 110 valence electrons. The Balaban J connectivity index is 2.01. The van der Waals surface area contributed by atoms with E-state index in [-0.39, 0.29) is 5.91 Å². The monoisotopic (exact) mass is 304 g/mol. The Hall–Kier alpha value is -2.20. The van der Waals surface area contributed by atoms with Crippen LogP contribution in [0, 0.1) is 0 Å². The average Bonchev–Trinajstić information content (AvgIpc) is 2.53.